The molecule has 1 aliphatic carbocycles. The lowest BCUT2D eigenvalue weighted by atomic mass is 9.84. The third-order valence-corrected chi connectivity index (χ3v) is 3.00. The molecule has 1 aromatic carbocycles. The van der Waals surface area contributed by atoms with E-state index in [1.54, 1.807) is 5.56 Å². The van der Waals surface area contributed by atoms with E-state index in [4.69, 9.17) is 0 Å². The van der Waals surface area contributed by atoms with Crippen LogP contribution in [0.5, 0.6) is 0 Å². The monoisotopic (exact) mass is 188 g/mol. The molecule has 0 fully saturated rings. The van der Waals surface area contributed by atoms with Gasteiger partial charge >= 0.3 is 0 Å². The molecule has 0 N–H and O–H groups in total. The van der Waals surface area contributed by atoms with Crippen LogP contribution in [0, 0.1) is 12.0 Å². The summed E-state index contributed by atoms with van der Waals surface area (Å²) in [5, 5.41) is 0. The smallest absolute Gasteiger partial charge is 0.000685 e. The molecule has 0 spiro atoms. The van der Waals surface area contributed by atoms with Gasteiger partial charge in [0.2, 0.25) is 0 Å². The van der Waals surface area contributed by atoms with Crippen LogP contribution in [-0.2, 0) is 12.8 Å². The number of fused-ring (bicyclic) bond motifs is 1. The predicted molar refractivity (Wildman–Crippen MR) is 59.3 cm³/mol. The molecule has 0 saturated carbocycles. The SMILES string of the molecule is CN(C)CC1CCc2cc[c]cc2C1. The Labute approximate surface area is 86.7 Å². The zero-order valence-electron chi connectivity index (χ0n) is 9.09. The molecule has 1 aliphatic rings. The predicted octanol–water partition coefficient (Wildman–Crippen LogP) is 2.15. The van der Waals surface area contributed by atoms with E-state index in [0.29, 0.717) is 0 Å². The normalized spacial score (nSPS) is 20.9. The molecule has 0 aromatic heterocycles. The Morgan fingerprint density at radius 2 is 2.29 bits per heavy atom. The van der Waals surface area contributed by atoms with E-state index >= 15 is 0 Å². The summed E-state index contributed by atoms with van der Waals surface area (Å²) in [6, 6.07) is 9.60. The molecule has 75 valence electrons. The fraction of sp³-hybridized carbons (Fsp3) is 0.538. The van der Waals surface area contributed by atoms with Crippen molar-refractivity contribution in [2.24, 2.45) is 5.92 Å². The average molecular weight is 188 g/mol. The van der Waals surface area contributed by atoms with Crippen molar-refractivity contribution >= 4 is 0 Å². The van der Waals surface area contributed by atoms with Crippen molar-refractivity contribution in [3.05, 3.63) is 35.4 Å². The third kappa shape index (κ3) is 2.16. The van der Waals surface area contributed by atoms with Gasteiger partial charge in [-0.05, 0) is 56.5 Å². The van der Waals surface area contributed by atoms with Gasteiger partial charge in [-0.3, -0.25) is 0 Å². The maximum atomic E-state index is 3.18. The van der Waals surface area contributed by atoms with Crippen LogP contribution in [0.2, 0.25) is 0 Å². The van der Waals surface area contributed by atoms with Gasteiger partial charge in [0.05, 0.1) is 0 Å². The first-order valence-corrected chi connectivity index (χ1v) is 5.38. The maximum absolute atomic E-state index is 3.18. The topological polar surface area (TPSA) is 3.24 Å². The summed E-state index contributed by atoms with van der Waals surface area (Å²) in [5.74, 6) is 0.841. The lowest BCUT2D eigenvalue weighted by Gasteiger charge is -2.26. The van der Waals surface area contributed by atoms with E-state index in [9.17, 15) is 0 Å². The highest BCUT2D eigenvalue weighted by molar-refractivity contribution is 5.29. The molecular formula is C13H18N. The van der Waals surface area contributed by atoms with Crippen LogP contribution in [0.3, 0.4) is 0 Å². The third-order valence-electron chi connectivity index (χ3n) is 3.00. The molecule has 1 aromatic rings. The Balaban J connectivity index is 2.06. The van der Waals surface area contributed by atoms with E-state index in [2.05, 4.69) is 37.2 Å². The van der Waals surface area contributed by atoms with Crippen LogP contribution < -0.4 is 0 Å². The van der Waals surface area contributed by atoms with E-state index in [0.717, 1.165) is 5.92 Å². The summed E-state index contributed by atoms with van der Waals surface area (Å²) in [6.45, 7) is 1.22. The number of hydrogen-bond acceptors (Lipinski definition) is 1. The van der Waals surface area contributed by atoms with Crippen molar-refractivity contribution < 1.29 is 0 Å². The highest BCUT2D eigenvalue weighted by atomic mass is 15.1. The lowest BCUT2D eigenvalue weighted by Crippen LogP contribution is -2.26. The van der Waals surface area contributed by atoms with Gasteiger partial charge in [0, 0.05) is 6.54 Å². The molecule has 1 atom stereocenters. The molecule has 1 unspecified atom stereocenters. The molecule has 1 nitrogen and oxygen atoms in total. The molecule has 0 bridgehead atoms. The van der Waals surface area contributed by atoms with E-state index in [1.165, 1.54) is 31.4 Å². The van der Waals surface area contributed by atoms with E-state index in [1.807, 2.05) is 6.07 Å². The van der Waals surface area contributed by atoms with E-state index in [-0.39, 0.29) is 0 Å². The van der Waals surface area contributed by atoms with Crippen LogP contribution in [0.4, 0.5) is 0 Å². The number of hydrogen-bond donors (Lipinski definition) is 0. The van der Waals surface area contributed by atoms with Crippen LogP contribution in [0.25, 0.3) is 0 Å². The molecule has 0 aliphatic heterocycles. The first kappa shape index (κ1) is 9.72. The molecule has 1 heteroatoms. The van der Waals surface area contributed by atoms with Gasteiger partial charge in [-0.25, -0.2) is 0 Å². The van der Waals surface area contributed by atoms with Crippen molar-refractivity contribution in [2.75, 3.05) is 20.6 Å². The Morgan fingerprint density at radius 1 is 1.43 bits per heavy atom. The Kier molecular flexibility index (Phi) is 2.87. The van der Waals surface area contributed by atoms with Crippen molar-refractivity contribution in [1.29, 1.82) is 0 Å². The van der Waals surface area contributed by atoms with Gasteiger partial charge in [-0.2, -0.15) is 0 Å². The van der Waals surface area contributed by atoms with Gasteiger partial charge in [0.1, 0.15) is 0 Å². The van der Waals surface area contributed by atoms with Crippen molar-refractivity contribution in [1.82, 2.24) is 4.90 Å². The van der Waals surface area contributed by atoms with Crippen molar-refractivity contribution in [3.8, 4) is 0 Å². The van der Waals surface area contributed by atoms with Gasteiger partial charge in [-0.15, -0.1) is 0 Å². The Hall–Kier alpha value is -0.820. The molecule has 1 radical (unpaired) electrons. The summed E-state index contributed by atoms with van der Waals surface area (Å²) in [4.78, 5) is 2.29. The largest absolute Gasteiger partial charge is 0.309 e. The molecule has 0 amide bonds. The van der Waals surface area contributed by atoms with Crippen LogP contribution in [0.1, 0.15) is 17.5 Å². The summed E-state index contributed by atoms with van der Waals surface area (Å²) in [6.07, 6.45) is 3.84. The van der Waals surface area contributed by atoms with Crippen molar-refractivity contribution in [3.63, 3.8) is 0 Å². The first-order valence-electron chi connectivity index (χ1n) is 5.38. The second kappa shape index (κ2) is 4.14. The van der Waals surface area contributed by atoms with Crippen LogP contribution in [0.15, 0.2) is 18.2 Å². The summed E-state index contributed by atoms with van der Waals surface area (Å²) < 4.78 is 0. The lowest BCUT2D eigenvalue weighted by molar-refractivity contribution is 0.302. The fourth-order valence-corrected chi connectivity index (χ4v) is 2.38. The minimum atomic E-state index is 0.841. The standard InChI is InChI=1S/C13H18N/c1-14(2)10-11-7-8-12-5-3-4-6-13(12)9-11/h3,5-6,11H,7-10H2,1-2H3. The van der Waals surface area contributed by atoms with Crippen molar-refractivity contribution in [2.45, 2.75) is 19.3 Å². The number of rotatable bonds is 2. The molecule has 0 saturated heterocycles. The Morgan fingerprint density at radius 3 is 3.07 bits per heavy atom. The minimum absolute atomic E-state index is 0.841. The highest BCUT2D eigenvalue weighted by Gasteiger charge is 2.18. The summed E-state index contributed by atoms with van der Waals surface area (Å²) >= 11 is 0. The van der Waals surface area contributed by atoms with Gasteiger partial charge in [-0.1, -0.05) is 18.2 Å². The van der Waals surface area contributed by atoms with Gasteiger partial charge in [0.25, 0.3) is 0 Å². The second-order valence-electron chi connectivity index (χ2n) is 4.57. The van der Waals surface area contributed by atoms with Crippen LogP contribution in [-0.4, -0.2) is 25.5 Å². The molecular weight excluding hydrogens is 170 g/mol. The number of benzene rings is 1. The fourth-order valence-electron chi connectivity index (χ4n) is 2.38. The molecule has 0 heterocycles. The van der Waals surface area contributed by atoms with Crippen LogP contribution >= 0.6 is 0 Å². The maximum Gasteiger partial charge on any atom is 0.000685 e. The summed E-state index contributed by atoms with van der Waals surface area (Å²) in [7, 11) is 4.32. The molecule has 2 rings (SSSR count). The van der Waals surface area contributed by atoms with Gasteiger partial charge < -0.3 is 4.90 Å². The number of aryl methyl sites for hydroxylation is 1. The zero-order valence-corrected chi connectivity index (χ0v) is 9.09. The van der Waals surface area contributed by atoms with E-state index < -0.39 is 0 Å². The first-order chi connectivity index (χ1) is 6.75. The Bertz CT molecular complexity index is 304. The minimum Gasteiger partial charge on any atom is -0.309 e. The zero-order chi connectivity index (χ0) is 9.97. The quantitative estimate of drug-likeness (QED) is 0.687. The second-order valence-corrected chi connectivity index (χ2v) is 4.57. The highest BCUT2D eigenvalue weighted by Crippen LogP contribution is 2.25. The van der Waals surface area contributed by atoms with Gasteiger partial charge in [0.15, 0.2) is 0 Å². The average Bonchev–Trinajstić information content (AvgIpc) is 2.17. The summed E-state index contributed by atoms with van der Waals surface area (Å²) in [5.41, 5.74) is 3.06. The molecule has 14 heavy (non-hydrogen) atoms. The number of nitrogens with zero attached hydrogens (tertiary/aromatic N) is 1.